The second-order valence-corrected chi connectivity index (χ2v) is 2.65. The van der Waals surface area contributed by atoms with Gasteiger partial charge in [0.2, 0.25) is 0 Å². The summed E-state index contributed by atoms with van der Waals surface area (Å²) in [5, 5.41) is 8.40. The number of ether oxygens (including phenoxy) is 1. The molecule has 7 heteroatoms. The molecule has 0 saturated carbocycles. The Balaban J connectivity index is 3.48. The number of esters is 1. The average molecular weight is 230 g/mol. The number of nitrogens with zero attached hydrogens (tertiary/aromatic N) is 2. The molecule has 4 nitrogen and oxygen atoms in total. The lowest BCUT2D eigenvalue weighted by atomic mass is 10.1. The molecule has 0 aliphatic rings. The minimum atomic E-state index is -3.23. The highest BCUT2D eigenvalue weighted by molar-refractivity contribution is 5.90. The lowest BCUT2D eigenvalue weighted by molar-refractivity contribution is 0.0586. The molecule has 16 heavy (non-hydrogen) atoms. The number of pyridine rings is 1. The maximum atomic E-state index is 13.3. The van der Waals surface area contributed by atoms with Gasteiger partial charge >= 0.3 is 5.97 Å². The predicted molar refractivity (Wildman–Crippen MR) is 45.2 cm³/mol. The summed E-state index contributed by atoms with van der Waals surface area (Å²) in [4.78, 5) is 14.3. The lowest BCUT2D eigenvalue weighted by Crippen LogP contribution is -2.11. The summed E-state index contributed by atoms with van der Waals surface area (Å²) < 4.78 is 42.5. The summed E-state index contributed by atoms with van der Waals surface area (Å²) in [5.41, 5.74) is -2.64. The van der Waals surface area contributed by atoms with E-state index in [0.717, 1.165) is 7.11 Å². The van der Waals surface area contributed by atoms with Crippen LogP contribution in [0.25, 0.3) is 0 Å². The number of halogens is 3. The molecule has 0 N–H and O–H groups in total. The normalized spacial score (nSPS) is 10.0. The maximum absolute atomic E-state index is 13.3. The summed E-state index contributed by atoms with van der Waals surface area (Å²) >= 11 is 0. The number of carbonyl (C=O) groups is 1. The van der Waals surface area contributed by atoms with Crippen LogP contribution >= 0.6 is 0 Å². The van der Waals surface area contributed by atoms with Gasteiger partial charge in [0.05, 0.1) is 18.2 Å². The fourth-order valence-electron chi connectivity index (χ4n) is 1.07. The van der Waals surface area contributed by atoms with Crippen LogP contribution in [-0.4, -0.2) is 18.1 Å². The number of aromatic nitrogens is 1. The predicted octanol–water partition coefficient (Wildman–Crippen LogP) is 1.82. The van der Waals surface area contributed by atoms with E-state index in [2.05, 4.69) is 9.72 Å². The second-order valence-electron chi connectivity index (χ2n) is 2.65. The van der Waals surface area contributed by atoms with Gasteiger partial charge in [0.25, 0.3) is 6.43 Å². The molecule has 1 aromatic heterocycles. The molecule has 0 radical (unpaired) electrons. The van der Waals surface area contributed by atoms with Crippen LogP contribution in [-0.2, 0) is 4.74 Å². The number of rotatable bonds is 2. The Kier molecular flexibility index (Phi) is 3.45. The molecule has 0 aromatic carbocycles. The summed E-state index contributed by atoms with van der Waals surface area (Å²) in [5.74, 6) is -2.63. The molecule has 0 unspecified atom stereocenters. The minimum Gasteiger partial charge on any atom is -0.465 e. The molecule has 0 amide bonds. The molecule has 0 fully saturated rings. The summed E-state index contributed by atoms with van der Waals surface area (Å²) in [6.45, 7) is 0. The second kappa shape index (κ2) is 4.61. The lowest BCUT2D eigenvalue weighted by Gasteiger charge is -2.08. The molecule has 1 heterocycles. The van der Waals surface area contributed by atoms with Crippen molar-refractivity contribution in [1.82, 2.24) is 4.98 Å². The molecule has 0 aliphatic heterocycles. The Morgan fingerprint density at radius 3 is 2.69 bits per heavy atom. The van der Waals surface area contributed by atoms with Gasteiger partial charge in [0.1, 0.15) is 6.07 Å². The van der Waals surface area contributed by atoms with Crippen LogP contribution in [0.15, 0.2) is 6.20 Å². The summed E-state index contributed by atoms with van der Waals surface area (Å²) in [6, 6.07) is 1.30. The first-order valence-electron chi connectivity index (χ1n) is 3.97. The maximum Gasteiger partial charge on any atom is 0.340 e. The number of nitriles is 1. The van der Waals surface area contributed by atoms with Gasteiger partial charge < -0.3 is 4.74 Å². The SMILES string of the molecule is COC(=O)c1cnc(C#N)c(F)c1C(F)F. The molecule has 0 bridgehead atoms. The number of methoxy groups -OCH3 is 1. The van der Waals surface area contributed by atoms with Crippen molar-refractivity contribution >= 4 is 5.97 Å². The van der Waals surface area contributed by atoms with E-state index >= 15 is 0 Å². The van der Waals surface area contributed by atoms with Crippen molar-refractivity contribution in [3.8, 4) is 6.07 Å². The van der Waals surface area contributed by atoms with E-state index in [1.165, 1.54) is 6.07 Å². The largest absolute Gasteiger partial charge is 0.465 e. The number of hydrogen-bond acceptors (Lipinski definition) is 4. The smallest absolute Gasteiger partial charge is 0.340 e. The Morgan fingerprint density at radius 2 is 2.25 bits per heavy atom. The van der Waals surface area contributed by atoms with E-state index in [9.17, 15) is 18.0 Å². The highest BCUT2D eigenvalue weighted by Gasteiger charge is 2.26. The highest BCUT2D eigenvalue weighted by Crippen LogP contribution is 2.27. The molecule has 0 aliphatic carbocycles. The molecule has 0 atom stereocenters. The van der Waals surface area contributed by atoms with Gasteiger partial charge in [-0.2, -0.15) is 5.26 Å². The third-order valence-corrected chi connectivity index (χ3v) is 1.79. The molecule has 1 rings (SSSR count). The first-order valence-corrected chi connectivity index (χ1v) is 3.97. The first-order chi connectivity index (χ1) is 7.52. The van der Waals surface area contributed by atoms with E-state index in [1.54, 1.807) is 0 Å². The van der Waals surface area contributed by atoms with Gasteiger partial charge in [-0.05, 0) is 0 Å². The fourth-order valence-corrected chi connectivity index (χ4v) is 1.07. The van der Waals surface area contributed by atoms with Gasteiger partial charge in [0, 0.05) is 6.20 Å². The van der Waals surface area contributed by atoms with Crippen molar-refractivity contribution < 1.29 is 22.7 Å². The Labute approximate surface area is 88.3 Å². The quantitative estimate of drug-likeness (QED) is 0.727. The number of carbonyl (C=O) groups excluding carboxylic acids is 1. The standard InChI is InChI=1S/C9H5F3N2O2/c1-16-9(15)4-3-14-5(2-13)7(10)6(4)8(11)12/h3,8H,1H3. The van der Waals surface area contributed by atoms with Crippen LogP contribution in [0.2, 0.25) is 0 Å². The molecular weight excluding hydrogens is 225 g/mol. The minimum absolute atomic E-state index is 0.686. The van der Waals surface area contributed by atoms with Crippen LogP contribution in [0.5, 0.6) is 0 Å². The van der Waals surface area contributed by atoms with Gasteiger partial charge in [-0.3, -0.25) is 0 Å². The molecule has 1 aromatic rings. The first kappa shape index (κ1) is 12.0. The summed E-state index contributed by atoms with van der Waals surface area (Å²) in [6.07, 6.45) is -2.54. The zero-order chi connectivity index (χ0) is 12.3. The van der Waals surface area contributed by atoms with Gasteiger partial charge in [0.15, 0.2) is 11.5 Å². The van der Waals surface area contributed by atoms with Crippen LogP contribution < -0.4 is 0 Å². The van der Waals surface area contributed by atoms with Gasteiger partial charge in [-0.1, -0.05) is 0 Å². The Morgan fingerprint density at radius 1 is 1.62 bits per heavy atom. The van der Waals surface area contributed by atoms with Crippen LogP contribution in [0.3, 0.4) is 0 Å². The van der Waals surface area contributed by atoms with Crippen LogP contribution in [0.1, 0.15) is 28.0 Å². The van der Waals surface area contributed by atoms with E-state index in [-0.39, 0.29) is 0 Å². The molecule has 84 valence electrons. The highest BCUT2D eigenvalue weighted by atomic mass is 19.3. The van der Waals surface area contributed by atoms with E-state index < -0.39 is 35.0 Å². The van der Waals surface area contributed by atoms with Crippen molar-refractivity contribution in [3.05, 3.63) is 28.8 Å². The average Bonchev–Trinajstić information content (AvgIpc) is 2.26. The van der Waals surface area contributed by atoms with Crippen molar-refractivity contribution in [2.75, 3.05) is 7.11 Å². The molecule has 0 saturated heterocycles. The summed E-state index contributed by atoms with van der Waals surface area (Å²) in [7, 11) is 0.966. The third kappa shape index (κ3) is 1.95. The van der Waals surface area contributed by atoms with Gasteiger partial charge in [-0.15, -0.1) is 0 Å². The van der Waals surface area contributed by atoms with Crippen LogP contribution in [0, 0.1) is 17.1 Å². The monoisotopic (exact) mass is 230 g/mol. The van der Waals surface area contributed by atoms with E-state index in [0.29, 0.717) is 6.20 Å². The molecule has 0 spiro atoms. The number of hydrogen-bond donors (Lipinski definition) is 0. The zero-order valence-corrected chi connectivity index (χ0v) is 8.00. The van der Waals surface area contributed by atoms with E-state index in [1.807, 2.05) is 0 Å². The van der Waals surface area contributed by atoms with Crippen molar-refractivity contribution in [1.29, 1.82) is 5.26 Å². The van der Waals surface area contributed by atoms with Crippen LogP contribution in [0.4, 0.5) is 13.2 Å². The topological polar surface area (TPSA) is 63.0 Å². The zero-order valence-electron chi connectivity index (χ0n) is 8.00. The number of alkyl halides is 2. The van der Waals surface area contributed by atoms with Crippen molar-refractivity contribution in [2.45, 2.75) is 6.43 Å². The van der Waals surface area contributed by atoms with Crippen molar-refractivity contribution in [2.24, 2.45) is 0 Å². The molecular formula is C9H5F3N2O2. The van der Waals surface area contributed by atoms with Gasteiger partial charge in [-0.25, -0.2) is 22.9 Å². The Bertz CT molecular complexity index is 469. The fraction of sp³-hybridized carbons (Fsp3) is 0.222. The third-order valence-electron chi connectivity index (χ3n) is 1.79. The van der Waals surface area contributed by atoms with E-state index in [4.69, 9.17) is 5.26 Å². The Hall–Kier alpha value is -2.10. The van der Waals surface area contributed by atoms with Crippen molar-refractivity contribution in [3.63, 3.8) is 0 Å².